The Balaban J connectivity index is 2.62. The Kier molecular flexibility index (Phi) is 4.10. The zero-order valence-electron chi connectivity index (χ0n) is 11.0. The highest BCUT2D eigenvalue weighted by atomic mass is 16.3. The molecule has 0 unspecified atom stereocenters. The van der Waals surface area contributed by atoms with Crippen LogP contribution in [-0.2, 0) is 20.0 Å². The van der Waals surface area contributed by atoms with Crippen molar-refractivity contribution in [2.24, 2.45) is 7.05 Å². The van der Waals surface area contributed by atoms with Crippen molar-refractivity contribution in [3.8, 4) is 0 Å². The molecular weight excluding hydrogens is 202 g/mol. The molecule has 0 bridgehead atoms. The van der Waals surface area contributed by atoms with Gasteiger partial charge in [-0.1, -0.05) is 6.92 Å². The Morgan fingerprint density at radius 1 is 1.50 bits per heavy atom. The maximum Gasteiger partial charge on any atom is 0.0718 e. The van der Waals surface area contributed by atoms with E-state index in [0.717, 1.165) is 18.7 Å². The van der Waals surface area contributed by atoms with Gasteiger partial charge in [0, 0.05) is 20.1 Å². The smallest absolute Gasteiger partial charge is 0.0718 e. The Hall–Kier alpha value is -0.870. The van der Waals surface area contributed by atoms with Gasteiger partial charge >= 0.3 is 0 Å². The molecular formula is C12H23N3O. The topological polar surface area (TPSA) is 41.3 Å². The minimum Gasteiger partial charge on any atom is -0.389 e. The van der Waals surface area contributed by atoms with Gasteiger partial charge in [-0.25, -0.2) is 0 Å². The van der Waals surface area contributed by atoms with Crippen molar-refractivity contribution in [2.75, 3.05) is 13.6 Å². The first-order chi connectivity index (χ1) is 7.31. The minimum absolute atomic E-state index is 0.652. The van der Waals surface area contributed by atoms with Gasteiger partial charge in [0.25, 0.3) is 0 Å². The van der Waals surface area contributed by atoms with Crippen molar-refractivity contribution < 1.29 is 5.11 Å². The van der Waals surface area contributed by atoms with Crippen LogP contribution < -0.4 is 0 Å². The van der Waals surface area contributed by atoms with E-state index in [2.05, 4.69) is 23.0 Å². The molecule has 0 saturated heterocycles. The van der Waals surface area contributed by atoms with E-state index in [1.165, 1.54) is 5.69 Å². The Bertz CT molecular complexity index is 339. The van der Waals surface area contributed by atoms with Crippen LogP contribution in [0.3, 0.4) is 0 Å². The summed E-state index contributed by atoms with van der Waals surface area (Å²) < 4.78 is 1.92. The number of hydrogen-bond acceptors (Lipinski definition) is 3. The van der Waals surface area contributed by atoms with E-state index in [-0.39, 0.29) is 0 Å². The fourth-order valence-corrected chi connectivity index (χ4v) is 1.89. The largest absolute Gasteiger partial charge is 0.389 e. The molecule has 1 N–H and O–H groups in total. The van der Waals surface area contributed by atoms with Crippen LogP contribution in [0.2, 0.25) is 0 Å². The monoisotopic (exact) mass is 225 g/mol. The van der Waals surface area contributed by atoms with Crippen LogP contribution in [0.15, 0.2) is 6.07 Å². The van der Waals surface area contributed by atoms with Crippen LogP contribution in [-0.4, -0.2) is 39.0 Å². The van der Waals surface area contributed by atoms with Crippen LogP contribution in [0, 0.1) is 0 Å². The molecule has 0 saturated carbocycles. The summed E-state index contributed by atoms with van der Waals surface area (Å²) >= 11 is 0. The summed E-state index contributed by atoms with van der Waals surface area (Å²) in [6.07, 6.45) is 0.961. The third kappa shape index (κ3) is 3.94. The number of hydrogen-bond donors (Lipinski definition) is 1. The highest BCUT2D eigenvalue weighted by Crippen LogP contribution is 2.09. The number of aliphatic hydroxyl groups is 1. The van der Waals surface area contributed by atoms with Crippen molar-refractivity contribution in [3.63, 3.8) is 0 Å². The van der Waals surface area contributed by atoms with E-state index < -0.39 is 5.60 Å². The lowest BCUT2D eigenvalue weighted by molar-refractivity contribution is 0.0418. The standard InChI is InChI=1S/C12H23N3O/c1-6-10-7-11(15(5)13-10)8-14(4)9-12(2,3)16/h7,16H,6,8-9H2,1-5H3. The second-order valence-electron chi connectivity index (χ2n) is 5.09. The van der Waals surface area contributed by atoms with Gasteiger partial charge in [-0.3, -0.25) is 9.58 Å². The minimum atomic E-state index is -0.652. The van der Waals surface area contributed by atoms with Gasteiger partial charge in [-0.05, 0) is 33.4 Å². The molecule has 0 aliphatic carbocycles. The van der Waals surface area contributed by atoms with E-state index in [1.807, 2.05) is 32.6 Å². The van der Waals surface area contributed by atoms with Crippen LogP contribution in [0.4, 0.5) is 0 Å². The van der Waals surface area contributed by atoms with E-state index in [0.29, 0.717) is 6.54 Å². The number of aryl methyl sites for hydroxylation is 2. The molecule has 0 amide bonds. The maximum absolute atomic E-state index is 9.72. The zero-order chi connectivity index (χ0) is 12.3. The predicted octanol–water partition coefficient (Wildman–Crippen LogP) is 1.19. The molecule has 4 heteroatoms. The molecule has 92 valence electrons. The third-order valence-corrected chi connectivity index (χ3v) is 2.48. The predicted molar refractivity (Wildman–Crippen MR) is 65.2 cm³/mol. The molecule has 0 atom stereocenters. The summed E-state index contributed by atoms with van der Waals surface area (Å²) in [4.78, 5) is 2.11. The van der Waals surface area contributed by atoms with Crippen molar-refractivity contribution >= 4 is 0 Å². The third-order valence-electron chi connectivity index (χ3n) is 2.48. The summed E-state index contributed by atoms with van der Waals surface area (Å²) in [5, 5.41) is 14.1. The van der Waals surface area contributed by atoms with Crippen LogP contribution in [0.1, 0.15) is 32.2 Å². The van der Waals surface area contributed by atoms with Gasteiger partial charge < -0.3 is 5.11 Å². The van der Waals surface area contributed by atoms with Gasteiger partial charge in [0.2, 0.25) is 0 Å². The SMILES string of the molecule is CCc1cc(CN(C)CC(C)(C)O)n(C)n1. The molecule has 1 heterocycles. The highest BCUT2D eigenvalue weighted by Gasteiger charge is 2.16. The Labute approximate surface area is 97.9 Å². The number of aromatic nitrogens is 2. The van der Waals surface area contributed by atoms with Crippen molar-refractivity contribution in [1.82, 2.24) is 14.7 Å². The average Bonchev–Trinajstić information content (AvgIpc) is 2.44. The van der Waals surface area contributed by atoms with Gasteiger partial charge in [-0.2, -0.15) is 5.10 Å². The van der Waals surface area contributed by atoms with Crippen molar-refractivity contribution in [1.29, 1.82) is 0 Å². The summed E-state index contributed by atoms with van der Waals surface area (Å²) in [6, 6.07) is 2.13. The first-order valence-electron chi connectivity index (χ1n) is 5.74. The second-order valence-corrected chi connectivity index (χ2v) is 5.09. The molecule has 1 aromatic rings. The summed E-state index contributed by atoms with van der Waals surface area (Å²) in [5.41, 5.74) is 1.65. The number of likely N-dealkylation sites (N-methyl/N-ethyl adjacent to an activating group) is 1. The normalized spacial score (nSPS) is 12.4. The molecule has 0 aliphatic rings. The highest BCUT2D eigenvalue weighted by molar-refractivity contribution is 5.10. The van der Waals surface area contributed by atoms with E-state index in [4.69, 9.17) is 0 Å². The number of rotatable bonds is 5. The lowest BCUT2D eigenvalue weighted by Gasteiger charge is -2.25. The zero-order valence-corrected chi connectivity index (χ0v) is 11.0. The molecule has 1 rings (SSSR count). The summed E-state index contributed by atoms with van der Waals surface area (Å²) in [5.74, 6) is 0. The van der Waals surface area contributed by atoms with E-state index in [9.17, 15) is 5.11 Å². The number of nitrogens with zero attached hydrogens (tertiary/aromatic N) is 3. The van der Waals surface area contributed by atoms with E-state index in [1.54, 1.807) is 0 Å². The molecule has 16 heavy (non-hydrogen) atoms. The first kappa shape index (κ1) is 13.2. The molecule has 0 aromatic carbocycles. The van der Waals surface area contributed by atoms with Crippen molar-refractivity contribution in [2.45, 2.75) is 39.3 Å². The molecule has 0 aliphatic heterocycles. The Morgan fingerprint density at radius 2 is 2.12 bits per heavy atom. The van der Waals surface area contributed by atoms with E-state index >= 15 is 0 Å². The maximum atomic E-state index is 9.72. The lowest BCUT2D eigenvalue weighted by atomic mass is 10.1. The Morgan fingerprint density at radius 3 is 2.56 bits per heavy atom. The van der Waals surface area contributed by atoms with Gasteiger partial charge in [0.15, 0.2) is 0 Å². The quantitative estimate of drug-likeness (QED) is 0.818. The first-order valence-corrected chi connectivity index (χ1v) is 5.74. The summed E-state index contributed by atoms with van der Waals surface area (Å²) in [7, 11) is 3.98. The molecule has 0 radical (unpaired) electrons. The lowest BCUT2D eigenvalue weighted by Crippen LogP contribution is -2.36. The van der Waals surface area contributed by atoms with Crippen molar-refractivity contribution in [3.05, 3.63) is 17.5 Å². The molecule has 0 fully saturated rings. The fourth-order valence-electron chi connectivity index (χ4n) is 1.89. The molecule has 0 spiro atoms. The van der Waals surface area contributed by atoms with Crippen LogP contribution >= 0.6 is 0 Å². The second kappa shape index (κ2) is 4.97. The molecule has 1 aromatic heterocycles. The van der Waals surface area contributed by atoms with Crippen LogP contribution in [0.5, 0.6) is 0 Å². The van der Waals surface area contributed by atoms with Gasteiger partial charge in [0.1, 0.15) is 0 Å². The average molecular weight is 225 g/mol. The fraction of sp³-hybridized carbons (Fsp3) is 0.750. The molecule has 4 nitrogen and oxygen atoms in total. The summed E-state index contributed by atoms with van der Waals surface area (Å²) in [6.45, 7) is 7.22. The van der Waals surface area contributed by atoms with Gasteiger partial charge in [0.05, 0.1) is 17.0 Å². The van der Waals surface area contributed by atoms with Gasteiger partial charge in [-0.15, -0.1) is 0 Å². The van der Waals surface area contributed by atoms with Crippen LogP contribution in [0.25, 0.3) is 0 Å².